The van der Waals surface area contributed by atoms with Crippen LogP contribution >= 0.6 is 0 Å². The summed E-state index contributed by atoms with van der Waals surface area (Å²) in [4.78, 5) is 30.6. The van der Waals surface area contributed by atoms with Crippen molar-refractivity contribution in [2.24, 2.45) is 0 Å². The van der Waals surface area contributed by atoms with E-state index in [1.54, 1.807) is 40.9 Å². The summed E-state index contributed by atoms with van der Waals surface area (Å²) in [5.41, 5.74) is 1.33. The fraction of sp³-hybridized carbons (Fsp3) is 0.222. The summed E-state index contributed by atoms with van der Waals surface area (Å²) in [6.45, 7) is 1.97. The number of fused-ring (bicyclic) bond motifs is 2. The van der Waals surface area contributed by atoms with Crippen molar-refractivity contribution in [1.29, 1.82) is 0 Å². The van der Waals surface area contributed by atoms with Crippen LogP contribution in [0.15, 0.2) is 48.8 Å². The van der Waals surface area contributed by atoms with Gasteiger partial charge in [0.1, 0.15) is 11.6 Å². The van der Waals surface area contributed by atoms with Crippen LogP contribution in [0.3, 0.4) is 0 Å². The number of benzene rings is 1. The number of aromatic nitrogens is 3. The van der Waals surface area contributed by atoms with E-state index < -0.39 is 6.10 Å². The Morgan fingerprint density at radius 1 is 1.23 bits per heavy atom. The van der Waals surface area contributed by atoms with E-state index in [0.29, 0.717) is 22.9 Å². The Balaban J connectivity index is 1.47. The predicted octanol–water partition coefficient (Wildman–Crippen LogP) is 1.87. The molecule has 0 radical (unpaired) electrons. The number of amides is 2. The molecular formula is C18H17N5O3. The van der Waals surface area contributed by atoms with E-state index in [9.17, 15) is 9.59 Å². The highest BCUT2D eigenvalue weighted by Gasteiger charge is 2.31. The number of anilines is 2. The minimum absolute atomic E-state index is 0.151. The Hall–Kier alpha value is -3.42. The summed E-state index contributed by atoms with van der Waals surface area (Å²) in [6, 6.07) is 10.7. The van der Waals surface area contributed by atoms with Gasteiger partial charge < -0.3 is 15.0 Å². The molecule has 0 aliphatic carbocycles. The molecular weight excluding hydrogens is 334 g/mol. The molecule has 26 heavy (non-hydrogen) atoms. The molecule has 1 aliphatic rings. The molecule has 2 amide bonds. The first kappa shape index (κ1) is 16.1. The maximum absolute atomic E-state index is 12.4. The van der Waals surface area contributed by atoms with Crippen LogP contribution in [0, 0.1) is 0 Å². The largest absolute Gasteiger partial charge is 0.479 e. The van der Waals surface area contributed by atoms with Crippen LogP contribution in [0.1, 0.15) is 13.3 Å². The Kier molecular flexibility index (Phi) is 4.00. The molecule has 2 aromatic heterocycles. The highest BCUT2D eigenvalue weighted by atomic mass is 16.5. The first-order valence-corrected chi connectivity index (χ1v) is 8.29. The minimum Gasteiger partial charge on any atom is -0.479 e. The van der Waals surface area contributed by atoms with Crippen LogP contribution in [-0.4, -0.2) is 39.1 Å². The zero-order valence-electron chi connectivity index (χ0n) is 14.1. The van der Waals surface area contributed by atoms with Crippen molar-refractivity contribution < 1.29 is 14.3 Å². The van der Waals surface area contributed by atoms with Crippen molar-refractivity contribution in [3.63, 3.8) is 0 Å². The lowest BCUT2D eigenvalue weighted by Crippen LogP contribution is -2.45. The fourth-order valence-corrected chi connectivity index (χ4v) is 2.94. The first-order valence-electron chi connectivity index (χ1n) is 8.29. The van der Waals surface area contributed by atoms with Crippen LogP contribution in [0.25, 0.3) is 5.65 Å². The third-order valence-corrected chi connectivity index (χ3v) is 4.19. The average molecular weight is 351 g/mol. The Bertz CT molecular complexity index is 984. The lowest BCUT2D eigenvalue weighted by Gasteiger charge is -2.32. The topological polar surface area (TPSA) is 88.8 Å². The summed E-state index contributed by atoms with van der Waals surface area (Å²) in [6.07, 6.45) is 2.80. The van der Waals surface area contributed by atoms with Gasteiger partial charge >= 0.3 is 0 Å². The normalized spacial score (nSPS) is 16.3. The van der Waals surface area contributed by atoms with Gasteiger partial charge in [-0.25, -0.2) is 4.98 Å². The molecule has 3 aromatic rings. The average Bonchev–Trinajstić information content (AvgIpc) is 3.12. The molecule has 1 aliphatic heterocycles. The molecule has 0 bridgehead atoms. The maximum atomic E-state index is 12.4. The van der Waals surface area contributed by atoms with E-state index in [2.05, 4.69) is 15.4 Å². The lowest BCUT2D eigenvalue weighted by molar-refractivity contribution is -0.125. The van der Waals surface area contributed by atoms with E-state index in [4.69, 9.17) is 4.74 Å². The number of rotatable bonds is 4. The van der Waals surface area contributed by atoms with E-state index in [1.165, 1.54) is 0 Å². The fourth-order valence-electron chi connectivity index (χ4n) is 2.94. The molecule has 8 heteroatoms. The molecule has 0 saturated heterocycles. The van der Waals surface area contributed by atoms with Gasteiger partial charge in [0.05, 0.1) is 11.9 Å². The quantitative estimate of drug-likeness (QED) is 0.775. The van der Waals surface area contributed by atoms with Gasteiger partial charge in [-0.05, 0) is 25.1 Å². The highest BCUT2D eigenvalue weighted by molar-refractivity contribution is 6.00. The number of hydrogen-bond donors (Lipinski definition) is 1. The summed E-state index contributed by atoms with van der Waals surface area (Å²) in [7, 11) is 0. The van der Waals surface area contributed by atoms with E-state index >= 15 is 0 Å². The predicted molar refractivity (Wildman–Crippen MR) is 95.1 cm³/mol. The molecule has 1 aromatic carbocycles. The number of nitrogens with one attached hydrogen (secondary N) is 1. The van der Waals surface area contributed by atoms with Crippen molar-refractivity contribution in [2.45, 2.75) is 19.4 Å². The van der Waals surface area contributed by atoms with Gasteiger partial charge in [-0.1, -0.05) is 12.1 Å². The molecule has 4 rings (SSSR count). The Labute approximate surface area is 149 Å². The van der Waals surface area contributed by atoms with Crippen molar-refractivity contribution in [2.75, 3.05) is 16.8 Å². The second-order valence-electron chi connectivity index (χ2n) is 5.95. The van der Waals surface area contributed by atoms with Gasteiger partial charge in [0, 0.05) is 25.2 Å². The number of para-hydroxylation sites is 2. The van der Waals surface area contributed by atoms with Crippen LogP contribution in [0.2, 0.25) is 0 Å². The molecule has 0 saturated carbocycles. The molecule has 0 fully saturated rings. The van der Waals surface area contributed by atoms with Crippen LogP contribution in [0.4, 0.5) is 11.5 Å². The summed E-state index contributed by atoms with van der Waals surface area (Å²) in [5, 5.41) is 6.94. The van der Waals surface area contributed by atoms with Gasteiger partial charge in [-0.3, -0.25) is 9.59 Å². The molecule has 0 spiro atoms. The van der Waals surface area contributed by atoms with E-state index in [-0.39, 0.29) is 24.8 Å². The van der Waals surface area contributed by atoms with Crippen molar-refractivity contribution >= 4 is 29.0 Å². The molecule has 1 unspecified atom stereocenters. The minimum atomic E-state index is -0.572. The monoisotopic (exact) mass is 351 g/mol. The maximum Gasteiger partial charge on any atom is 0.267 e. The molecule has 3 heterocycles. The van der Waals surface area contributed by atoms with Gasteiger partial charge in [0.15, 0.2) is 11.8 Å². The second-order valence-corrected chi connectivity index (χ2v) is 5.95. The van der Waals surface area contributed by atoms with Crippen molar-refractivity contribution in [3.8, 4) is 5.75 Å². The number of ether oxygens (including phenoxy) is 1. The third-order valence-electron chi connectivity index (χ3n) is 4.19. The Morgan fingerprint density at radius 2 is 2.08 bits per heavy atom. The molecule has 132 valence electrons. The van der Waals surface area contributed by atoms with Crippen LogP contribution in [-0.2, 0) is 9.59 Å². The van der Waals surface area contributed by atoms with Gasteiger partial charge in [0.25, 0.3) is 5.91 Å². The SMILES string of the molecule is CC1Oc2ccccc2N(CCC(=O)Nc2ccnc3ccnn23)C1=O. The van der Waals surface area contributed by atoms with E-state index in [1.807, 2.05) is 24.3 Å². The molecule has 8 nitrogen and oxygen atoms in total. The van der Waals surface area contributed by atoms with Gasteiger partial charge in [-0.15, -0.1) is 0 Å². The number of nitrogens with zero attached hydrogens (tertiary/aromatic N) is 4. The van der Waals surface area contributed by atoms with Gasteiger partial charge in [-0.2, -0.15) is 9.61 Å². The third kappa shape index (κ3) is 2.85. The van der Waals surface area contributed by atoms with Crippen LogP contribution in [0.5, 0.6) is 5.75 Å². The Morgan fingerprint density at radius 3 is 2.96 bits per heavy atom. The summed E-state index contributed by atoms with van der Waals surface area (Å²) < 4.78 is 7.16. The first-order chi connectivity index (χ1) is 12.6. The lowest BCUT2D eigenvalue weighted by atomic mass is 10.1. The second kappa shape index (κ2) is 6.47. The van der Waals surface area contributed by atoms with Gasteiger partial charge in [0.2, 0.25) is 5.91 Å². The zero-order valence-corrected chi connectivity index (χ0v) is 14.1. The van der Waals surface area contributed by atoms with Crippen LogP contribution < -0.4 is 15.0 Å². The zero-order chi connectivity index (χ0) is 18.1. The summed E-state index contributed by atoms with van der Waals surface area (Å²) >= 11 is 0. The van der Waals surface area contributed by atoms with Crippen molar-refractivity contribution in [3.05, 3.63) is 48.8 Å². The smallest absolute Gasteiger partial charge is 0.267 e. The molecule has 1 N–H and O–H groups in total. The highest BCUT2D eigenvalue weighted by Crippen LogP contribution is 2.33. The number of carbonyl (C=O) groups is 2. The number of hydrogen-bond acceptors (Lipinski definition) is 5. The standard InChI is InChI=1S/C18H17N5O3/c1-12-18(25)22(13-4-2-3-5-14(13)26-12)11-8-17(24)21-16-6-9-19-15-7-10-20-23(15)16/h2-7,9-10,12H,8,11H2,1H3,(H,21,24). The molecule has 1 atom stereocenters. The van der Waals surface area contributed by atoms with Crippen molar-refractivity contribution in [1.82, 2.24) is 14.6 Å². The van der Waals surface area contributed by atoms with E-state index in [0.717, 1.165) is 0 Å². The summed E-state index contributed by atoms with van der Waals surface area (Å²) in [5.74, 6) is 0.812. The number of carbonyl (C=O) groups excluding carboxylic acids is 2.